The van der Waals surface area contributed by atoms with E-state index in [4.69, 9.17) is 9.15 Å². The van der Waals surface area contributed by atoms with Gasteiger partial charge in [0.05, 0.1) is 18.9 Å². The summed E-state index contributed by atoms with van der Waals surface area (Å²) < 4.78 is 11.2. The maximum absolute atomic E-state index is 5.70. The lowest BCUT2D eigenvalue weighted by atomic mass is 10.2. The van der Waals surface area contributed by atoms with Gasteiger partial charge in [0.25, 0.3) is 0 Å². The number of nitrogens with zero attached hydrogens (tertiary/aromatic N) is 1. The predicted molar refractivity (Wildman–Crippen MR) is 72.5 cm³/mol. The van der Waals surface area contributed by atoms with E-state index < -0.39 is 0 Å². The lowest BCUT2D eigenvalue weighted by Gasteiger charge is -2.17. The maximum Gasteiger partial charge on any atom is 0.123 e. The molecule has 5 heteroatoms. The molecule has 2 aromatic rings. The van der Waals surface area contributed by atoms with Crippen molar-refractivity contribution < 1.29 is 9.15 Å². The van der Waals surface area contributed by atoms with Gasteiger partial charge in [-0.25, -0.2) is 0 Å². The molecule has 1 unspecified atom stereocenters. The Labute approximate surface area is 113 Å². The minimum atomic E-state index is 0.0528. The second kappa shape index (κ2) is 7.11. The Balaban J connectivity index is 1.87. The predicted octanol–water partition coefficient (Wildman–Crippen LogP) is 2.51. The average Bonchev–Trinajstić information content (AvgIpc) is 3.05. The highest BCUT2D eigenvalue weighted by Gasteiger charge is 2.14. The molecule has 19 heavy (non-hydrogen) atoms. The Bertz CT molecular complexity index is 437. The molecule has 0 radical (unpaired) electrons. The van der Waals surface area contributed by atoms with Gasteiger partial charge in [-0.1, -0.05) is 13.8 Å². The average molecular weight is 263 g/mol. The minimum Gasteiger partial charge on any atom is -0.468 e. The number of H-pyrrole nitrogens is 1. The van der Waals surface area contributed by atoms with E-state index >= 15 is 0 Å². The largest absolute Gasteiger partial charge is 0.468 e. The monoisotopic (exact) mass is 263 g/mol. The molecule has 1 atom stereocenters. The van der Waals surface area contributed by atoms with Crippen LogP contribution in [0.25, 0.3) is 0 Å². The Morgan fingerprint density at radius 2 is 2.26 bits per heavy atom. The second-order valence-electron chi connectivity index (χ2n) is 4.96. The number of rotatable bonds is 8. The van der Waals surface area contributed by atoms with Gasteiger partial charge < -0.3 is 9.15 Å². The number of hydrogen-bond acceptors (Lipinski definition) is 4. The van der Waals surface area contributed by atoms with Crippen molar-refractivity contribution in [2.45, 2.75) is 26.4 Å². The Kier molecular flexibility index (Phi) is 5.18. The summed E-state index contributed by atoms with van der Waals surface area (Å²) in [7, 11) is 0. The quantitative estimate of drug-likeness (QED) is 0.768. The molecule has 0 amide bonds. The lowest BCUT2D eigenvalue weighted by molar-refractivity contribution is 0.0843. The fourth-order valence-electron chi connectivity index (χ4n) is 1.77. The number of aromatic nitrogens is 2. The van der Waals surface area contributed by atoms with Crippen LogP contribution < -0.4 is 5.32 Å². The summed E-state index contributed by atoms with van der Waals surface area (Å²) in [6, 6.07) is 5.85. The van der Waals surface area contributed by atoms with Gasteiger partial charge in [0.1, 0.15) is 5.76 Å². The molecule has 2 aromatic heterocycles. The Morgan fingerprint density at radius 3 is 2.89 bits per heavy atom. The van der Waals surface area contributed by atoms with Gasteiger partial charge in [-0.2, -0.15) is 5.10 Å². The molecule has 2 rings (SSSR count). The van der Waals surface area contributed by atoms with Gasteiger partial charge in [0.2, 0.25) is 0 Å². The first kappa shape index (κ1) is 13.8. The van der Waals surface area contributed by atoms with Crippen LogP contribution in [0.15, 0.2) is 35.1 Å². The van der Waals surface area contributed by atoms with E-state index in [-0.39, 0.29) is 6.04 Å². The standard InChI is InChI=1S/C14H21N3O2/c1-11(2)9-18-10-13(14-4-3-7-19-14)15-8-12-5-6-16-17-12/h3-7,11,13,15H,8-10H2,1-2H3,(H,16,17). The number of nitrogens with one attached hydrogen (secondary N) is 2. The fraction of sp³-hybridized carbons (Fsp3) is 0.500. The van der Waals surface area contributed by atoms with Crippen LogP contribution in [0.3, 0.4) is 0 Å². The molecule has 0 aliphatic heterocycles. The van der Waals surface area contributed by atoms with Crippen molar-refractivity contribution in [3.8, 4) is 0 Å². The molecule has 0 aliphatic carbocycles. The van der Waals surface area contributed by atoms with E-state index in [1.54, 1.807) is 12.5 Å². The molecule has 0 spiro atoms. The Hall–Kier alpha value is -1.59. The molecule has 2 heterocycles. The van der Waals surface area contributed by atoms with Crippen molar-refractivity contribution in [3.63, 3.8) is 0 Å². The van der Waals surface area contributed by atoms with Crippen LogP contribution in [-0.2, 0) is 11.3 Å². The summed E-state index contributed by atoms with van der Waals surface area (Å²) >= 11 is 0. The topological polar surface area (TPSA) is 63.1 Å². The summed E-state index contributed by atoms with van der Waals surface area (Å²) in [6.07, 6.45) is 3.43. The van der Waals surface area contributed by atoms with Crippen LogP contribution in [0, 0.1) is 5.92 Å². The zero-order chi connectivity index (χ0) is 13.5. The van der Waals surface area contributed by atoms with Gasteiger partial charge in [-0.3, -0.25) is 10.4 Å². The van der Waals surface area contributed by atoms with Crippen molar-refractivity contribution in [1.82, 2.24) is 15.5 Å². The van der Waals surface area contributed by atoms with Crippen LogP contribution >= 0.6 is 0 Å². The van der Waals surface area contributed by atoms with Crippen molar-refractivity contribution in [2.75, 3.05) is 13.2 Å². The molecule has 0 saturated heterocycles. The highest BCUT2D eigenvalue weighted by atomic mass is 16.5. The van der Waals surface area contributed by atoms with Crippen LogP contribution in [-0.4, -0.2) is 23.4 Å². The zero-order valence-electron chi connectivity index (χ0n) is 11.4. The molecular formula is C14H21N3O2. The molecule has 2 N–H and O–H groups in total. The first-order chi connectivity index (χ1) is 9.25. The lowest BCUT2D eigenvalue weighted by Crippen LogP contribution is -2.25. The third-order valence-corrected chi connectivity index (χ3v) is 2.72. The van der Waals surface area contributed by atoms with E-state index in [1.165, 1.54) is 0 Å². The van der Waals surface area contributed by atoms with E-state index in [9.17, 15) is 0 Å². The highest BCUT2D eigenvalue weighted by Crippen LogP contribution is 2.15. The van der Waals surface area contributed by atoms with E-state index in [0.717, 1.165) is 18.1 Å². The van der Waals surface area contributed by atoms with Crippen molar-refractivity contribution >= 4 is 0 Å². The zero-order valence-corrected chi connectivity index (χ0v) is 11.4. The minimum absolute atomic E-state index is 0.0528. The normalized spacial score (nSPS) is 13.0. The Morgan fingerprint density at radius 1 is 1.37 bits per heavy atom. The van der Waals surface area contributed by atoms with E-state index in [0.29, 0.717) is 19.1 Å². The SMILES string of the molecule is CC(C)COCC(NCc1ccn[nH]1)c1ccco1. The number of hydrogen-bond donors (Lipinski definition) is 2. The molecule has 0 fully saturated rings. The van der Waals surface area contributed by atoms with Crippen molar-refractivity contribution in [1.29, 1.82) is 0 Å². The van der Waals surface area contributed by atoms with Crippen LogP contribution in [0.2, 0.25) is 0 Å². The van der Waals surface area contributed by atoms with Gasteiger partial charge >= 0.3 is 0 Å². The summed E-state index contributed by atoms with van der Waals surface area (Å²) in [6.45, 7) is 6.33. The van der Waals surface area contributed by atoms with Gasteiger partial charge in [-0.05, 0) is 24.1 Å². The smallest absolute Gasteiger partial charge is 0.123 e. The summed E-state index contributed by atoms with van der Waals surface area (Å²) in [5, 5.41) is 10.3. The molecule has 5 nitrogen and oxygen atoms in total. The second-order valence-corrected chi connectivity index (χ2v) is 4.96. The maximum atomic E-state index is 5.70. The third-order valence-electron chi connectivity index (χ3n) is 2.72. The van der Waals surface area contributed by atoms with Crippen molar-refractivity contribution in [3.05, 3.63) is 42.1 Å². The third kappa shape index (κ3) is 4.54. The first-order valence-corrected chi connectivity index (χ1v) is 6.58. The summed E-state index contributed by atoms with van der Waals surface area (Å²) in [5.74, 6) is 1.42. The molecular weight excluding hydrogens is 242 g/mol. The van der Waals surface area contributed by atoms with Gasteiger partial charge in [0.15, 0.2) is 0 Å². The van der Waals surface area contributed by atoms with Gasteiger partial charge in [0, 0.05) is 25.0 Å². The molecule has 0 bridgehead atoms. The van der Waals surface area contributed by atoms with Crippen molar-refractivity contribution in [2.24, 2.45) is 5.92 Å². The first-order valence-electron chi connectivity index (χ1n) is 6.58. The number of ether oxygens (including phenoxy) is 1. The molecule has 0 aromatic carbocycles. The van der Waals surface area contributed by atoms with Crippen LogP contribution in [0.5, 0.6) is 0 Å². The summed E-state index contributed by atoms with van der Waals surface area (Å²) in [5.41, 5.74) is 1.04. The fourth-order valence-corrected chi connectivity index (χ4v) is 1.77. The molecule has 104 valence electrons. The molecule has 0 aliphatic rings. The number of aromatic amines is 1. The molecule has 0 saturated carbocycles. The van der Waals surface area contributed by atoms with Crippen LogP contribution in [0.4, 0.5) is 0 Å². The van der Waals surface area contributed by atoms with E-state index in [2.05, 4.69) is 29.4 Å². The number of furan rings is 1. The van der Waals surface area contributed by atoms with Gasteiger partial charge in [-0.15, -0.1) is 0 Å². The summed E-state index contributed by atoms with van der Waals surface area (Å²) in [4.78, 5) is 0. The van der Waals surface area contributed by atoms with Crippen LogP contribution in [0.1, 0.15) is 31.3 Å². The van der Waals surface area contributed by atoms with E-state index in [1.807, 2.05) is 18.2 Å². The highest BCUT2D eigenvalue weighted by molar-refractivity contribution is 5.05.